The summed E-state index contributed by atoms with van der Waals surface area (Å²) >= 11 is 6.01. The zero-order chi connectivity index (χ0) is 18.1. The van der Waals surface area contributed by atoms with E-state index in [-0.39, 0.29) is 15.5 Å². The van der Waals surface area contributed by atoms with Gasteiger partial charge in [-0.1, -0.05) is 11.6 Å². The molecule has 24 heavy (non-hydrogen) atoms. The average Bonchev–Trinajstić information content (AvgIpc) is 2.81. The summed E-state index contributed by atoms with van der Waals surface area (Å²) in [5.41, 5.74) is -0.506. The molecule has 0 aliphatic rings. The van der Waals surface area contributed by atoms with Gasteiger partial charge in [0, 0.05) is 30.4 Å². The number of halogens is 1. The number of anilines is 1. The van der Waals surface area contributed by atoms with Gasteiger partial charge in [-0.05, 0) is 39.0 Å². The van der Waals surface area contributed by atoms with Gasteiger partial charge in [-0.15, -0.1) is 0 Å². The first kappa shape index (κ1) is 18.4. The fraction of sp³-hybridized carbons (Fsp3) is 0.333. The van der Waals surface area contributed by atoms with Gasteiger partial charge in [0.2, 0.25) is 10.0 Å². The lowest BCUT2D eigenvalue weighted by molar-refractivity contribution is 0.102. The average molecular weight is 371 g/mol. The number of amides is 1. The number of rotatable bonds is 4. The molecule has 0 unspecified atom stereocenters. The lowest BCUT2D eigenvalue weighted by Gasteiger charge is -2.21. The van der Waals surface area contributed by atoms with E-state index >= 15 is 0 Å². The first-order valence-electron chi connectivity index (χ1n) is 7.12. The highest BCUT2D eigenvalue weighted by molar-refractivity contribution is 7.89. The summed E-state index contributed by atoms with van der Waals surface area (Å²) in [5.74, 6) is -0.104. The first-order valence-corrected chi connectivity index (χ1v) is 8.98. The van der Waals surface area contributed by atoms with E-state index in [9.17, 15) is 13.2 Å². The van der Waals surface area contributed by atoms with Crippen molar-refractivity contribution in [2.24, 2.45) is 7.05 Å². The van der Waals surface area contributed by atoms with Crippen molar-refractivity contribution in [3.8, 4) is 0 Å². The number of nitrogens with one attached hydrogen (secondary N) is 2. The van der Waals surface area contributed by atoms with Gasteiger partial charge in [0.1, 0.15) is 4.90 Å². The van der Waals surface area contributed by atoms with Gasteiger partial charge in [0.15, 0.2) is 5.82 Å². The zero-order valence-corrected chi connectivity index (χ0v) is 15.4. The van der Waals surface area contributed by atoms with Crippen molar-refractivity contribution in [3.05, 3.63) is 41.0 Å². The van der Waals surface area contributed by atoms with Crippen molar-refractivity contribution in [3.63, 3.8) is 0 Å². The van der Waals surface area contributed by atoms with E-state index in [0.717, 1.165) is 0 Å². The van der Waals surface area contributed by atoms with Gasteiger partial charge in [0.05, 0.1) is 5.02 Å². The number of aromatic nitrogens is 2. The van der Waals surface area contributed by atoms with E-state index < -0.39 is 21.5 Å². The van der Waals surface area contributed by atoms with Crippen molar-refractivity contribution >= 4 is 33.3 Å². The number of hydrogen-bond acceptors (Lipinski definition) is 4. The highest BCUT2D eigenvalue weighted by Crippen LogP contribution is 2.24. The van der Waals surface area contributed by atoms with E-state index in [1.807, 2.05) is 0 Å². The maximum atomic E-state index is 12.5. The number of benzene rings is 1. The van der Waals surface area contributed by atoms with E-state index in [0.29, 0.717) is 5.82 Å². The van der Waals surface area contributed by atoms with E-state index in [1.54, 1.807) is 44.8 Å². The van der Waals surface area contributed by atoms with Crippen LogP contribution in [0.4, 0.5) is 5.82 Å². The molecule has 2 rings (SSSR count). The molecule has 2 aromatic rings. The Balaban J connectivity index is 2.33. The van der Waals surface area contributed by atoms with Crippen LogP contribution in [-0.2, 0) is 17.1 Å². The molecule has 9 heteroatoms. The summed E-state index contributed by atoms with van der Waals surface area (Å²) in [6.07, 6.45) is 1.68. The Bertz CT molecular complexity index is 869. The Morgan fingerprint density at radius 2 is 1.92 bits per heavy atom. The SMILES string of the molecule is Cn1ccc(NC(=O)c2ccc(Cl)c(S(=O)(=O)NC(C)(C)C)c2)n1. The molecular weight excluding hydrogens is 352 g/mol. The molecule has 2 N–H and O–H groups in total. The number of nitrogens with zero attached hydrogens (tertiary/aromatic N) is 2. The molecule has 130 valence electrons. The first-order chi connectivity index (χ1) is 11.0. The molecule has 0 bridgehead atoms. The third-order valence-corrected chi connectivity index (χ3v) is 5.12. The summed E-state index contributed by atoms with van der Waals surface area (Å²) in [5, 5.41) is 6.68. The fourth-order valence-electron chi connectivity index (χ4n) is 1.98. The van der Waals surface area contributed by atoms with Crippen LogP contribution in [0.1, 0.15) is 31.1 Å². The van der Waals surface area contributed by atoms with E-state index in [4.69, 9.17) is 11.6 Å². The Labute approximate surface area is 146 Å². The van der Waals surface area contributed by atoms with E-state index in [1.165, 1.54) is 18.2 Å². The molecule has 1 aromatic heterocycles. The lowest BCUT2D eigenvalue weighted by atomic mass is 10.1. The molecule has 0 fully saturated rings. The van der Waals surface area contributed by atoms with Gasteiger partial charge in [0.25, 0.3) is 5.91 Å². The molecule has 0 saturated carbocycles. The summed E-state index contributed by atoms with van der Waals surface area (Å²) in [6.45, 7) is 5.16. The Hall–Kier alpha value is -1.90. The predicted molar refractivity (Wildman–Crippen MR) is 92.7 cm³/mol. The van der Waals surface area contributed by atoms with Crippen LogP contribution in [0, 0.1) is 0 Å². The molecule has 0 aliphatic heterocycles. The lowest BCUT2D eigenvalue weighted by Crippen LogP contribution is -2.40. The van der Waals surface area contributed by atoms with Crippen LogP contribution in [0.3, 0.4) is 0 Å². The summed E-state index contributed by atoms with van der Waals surface area (Å²) in [6, 6.07) is 5.71. The smallest absolute Gasteiger partial charge is 0.256 e. The number of hydrogen-bond donors (Lipinski definition) is 2. The Morgan fingerprint density at radius 3 is 2.46 bits per heavy atom. The van der Waals surface area contributed by atoms with Gasteiger partial charge >= 0.3 is 0 Å². The second-order valence-electron chi connectivity index (χ2n) is 6.33. The molecule has 1 heterocycles. The molecule has 1 aromatic carbocycles. The number of sulfonamides is 1. The topological polar surface area (TPSA) is 93.1 Å². The van der Waals surface area contributed by atoms with Crippen LogP contribution in [0.5, 0.6) is 0 Å². The summed E-state index contributed by atoms with van der Waals surface area (Å²) < 4.78 is 29.0. The molecule has 0 saturated heterocycles. The summed E-state index contributed by atoms with van der Waals surface area (Å²) in [7, 11) is -2.13. The van der Waals surface area contributed by atoms with Crippen LogP contribution >= 0.6 is 11.6 Å². The molecule has 1 amide bonds. The van der Waals surface area contributed by atoms with Crippen LogP contribution in [-0.4, -0.2) is 29.6 Å². The van der Waals surface area contributed by atoms with Crippen LogP contribution in [0.25, 0.3) is 0 Å². The highest BCUT2D eigenvalue weighted by Gasteiger charge is 2.25. The van der Waals surface area contributed by atoms with Crippen molar-refractivity contribution in [2.75, 3.05) is 5.32 Å². The molecular formula is C15H19ClN4O3S. The van der Waals surface area contributed by atoms with Crippen LogP contribution < -0.4 is 10.0 Å². The zero-order valence-electron chi connectivity index (χ0n) is 13.8. The van der Waals surface area contributed by atoms with Gasteiger partial charge < -0.3 is 5.32 Å². The van der Waals surface area contributed by atoms with Gasteiger partial charge in [-0.3, -0.25) is 9.48 Å². The molecule has 0 atom stereocenters. The quantitative estimate of drug-likeness (QED) is 0.864. The van der Waals surface area contributed by atoms with E-state index in [2.05, 4.69) is 15.1 Å². The third-order valence-electron chi connectivity index (χ3n) is 2.88. The molecule has 0 aliphatic carbocycles. The van der Waals surface area contributed by atoms with Gasteiger partial charge in [-0.2, -0.15) is 5.10 Å². The largest absolute Gasteiger partial charge is 0.305 e. The second kappa shape index (κ2) is 6.54. The van der Waals surface area contributed by atoms with Crippen LogP contribution in [0.2, 0.25) is 5.02 Å². The number of carbonyl (C=O) groups is 1. The summed E-state index contributed by atoms with van der Waals surface area (Å²) in [4.78, 5) is 12.1. The molecule has 0 spiro atoms. The van der Waals surface area contributed by atoms with Crippen molar-refractivity contribution < 1.29 is 13.2 Å². The maximum absolute atomic E-state index is 12.5. The van der Waals surface area contributed by atoms with Crippen molar-refractivity contribution in [1.29, 1.82) is 0 Å². The number of aryl methyl sites for hydroxylation is 1. The monoisotopic (exact) mass is 370 g/mol. The maximum Gasteiger partial charge on any atom is 0.256 e. The minimum Gasteiger partial charge on any atom is -0.305 e. The molecule has 7 nitrogen and oxygen atoms in total. The fourth-order valence-corrected chi connectivity index (χ4v) is 3.92. The van der Waals surface area contributed by atoms with Crippen LogP contribution in [0.15, 0.2) is 35.4 Å². The minimum atomic E-state index is -3.86. The Morgan fingerprint density at radius 1 is 1.25 bits per heavy atom. The predicted octanol–water partition coefficient (Wildman–Crippen LogP) is 2.40. The third kappa shape index (κ3) is 4.56. The van der Waals surface area contributed by atoms with Crippen molar-refractivity contribution in [1.82, 2.24) is 14.5 Å². The standard InChI is InChI=1S/C15H19ClN4O3S/c1-15(2,3)19-24(22,23)12-9-10(5-6-11(12)16)14(21)17-13-7-8-20(4)18-13/h5-9,19H,1-4H3,(H,17,18,21). The van der Waals surface area contributed by atoms with Crippen molar-refractivity contribution in [2.45, 2.75) is 31.2 Å². The number of carbonyl (C=O) groups excluding carboxylic acids is 1. The minimum absolute atomic E-state index is 0.0427. The normalized spacial score (nSPS) is 12.2. The highest BCUT2D eigenvalue weighted by atomic mass is 35.5. The second-order valence-corrected chi connectivity index (χ2v) is 8.39. The Kier molecular flexibility index (Phi) is 5.03. The molecule has 0 radical (unpaired) electrons. The van der Waals surface area contributed by atoms with Gasteiger partial charge in [-0.25, -0.2) is 13.1 Å².